The number of Topliss-reactive ketones (excluding diaryl/α,β-unsaturated/α-hetero) is 2. The van der Waals surface area contributed by atoms with Crippen LogP contribution in [-0.2, 0) is 12.8 Å². The monoisotopic (exact) mass is 307 g/mol. The summed E-state index contributed by atoms with van der Waals surface area (Å²) in [7, 11) is 1.61. The van der Waals surface area contributed by atoms with E-state index in [1.165, 1.54) is 5.56 Å². The van der Waals surface area contributed by atoms with Gasteiger partial charge in [0.1, 0.15) is 18.8 Å². The number of ketones is 2. The minimum absolute atomic E-state index is 0.00463. The fraction of sp³-hybridized carbons (Fsp3) is 0.278. The van der Waals surface area contributed by atoms with Gasteiger partial charge in [-0.2, -0.15) is 0 Å². The first kappa shape index (κ1) is 12.8. The molecule has 2 aliphatic carbocycles. The largest absolute Gasteiger partial charge is 0.339 e. The van der Waals surface area contributed by atoms with Gasteiger partial charge in [0, 0.05) is 22.1 Å². The summed E-state index contributed by atoms with van der Waals surface area (Å²) in [4.78, 5) is 33.7. The predicted octanol–water partition coefficient (Wildman–Crippen LogP) is 1.92. The first-order valence-electron chi connectivity index (χ1n) is 7.85. The highest BCUT2D eigenvalue weighted by Gasteiger charge is 2.38. The van der Waals surface area contributed by atoms with Crippen LogP contribution in [0, 0.1) is 0 Å². The molecule has 1 aromatic carbocycles. The molecule has 0 atom stereocenters. The van der Waals surface area contributed by atoms with Crippen molar-refractivity contribution < 1.29 is 19.2 Å². The highest BCUT2D eigenvalue weighted by molar-refractivity contribution is 6.32. The Morgan fingerprint density at radius 1 is 1.13 bits per heavy atom. The Hall–Kier alpha value is -2.69. The van der Waals surface area contributed by atoms with Crippen molar-refractivity contribution in [3.63, 3.8) is 0 Å². The number of aromatic nitrogens is 2. The number of hydrogen-bond acceptors (Lipinski definition) is 3. The van der Waals surface area contributed by atoms with Crippen LogP contribution in [0.4, 0.5) is 0 Å². The van der Waals surface area contributed by atoms with Gasteiger partial charge in [0.15, 0.2) is 11.6 Å². The van der Waals surface area contributed by atoms with Crippen molar-refractivity contribution >= 4 is 33.5 Å². The van der Waals surface area contributed by atoms with Gasteiger partial charge < -0.3 is 4.84 Å². The van der Waals surface area contributed by atoms with E-state index in [1.807, 2.05) is 18.3 Å². The van der Waals surface area contributed by atoms with Crippen molar-refractivity contribution in [2.45, 2.75) is 25.7 Å². The molecule has 5 heteroatoms. The molecular weight excluding hydrogens is 292 g/mol. The van der Waals surface area contributed by atoms with E-state index in [1.54, 1.807) is 11.8 Å². The summed E-state index contributed by atoms with van der Waals surface area (Å²) in [6, 6.07) is 3.86. The Bertz CT molecular complexity index is 1050. The van der Waals surface area contributed by atoms with Gasteiger partial charge >= 0.3 is 5.65 Å². The molecule has 0 spiro atoms. The third-order valence-corrected chi connectivity index (χ3v) is 5.12. The van der Waals surface area contributed by atoms with Crippen molar-refractivity contribution in [1.82, 2.24) is 4.98 Å². The highest BCUT2D eigenvalue weighted by atomic mass is 16.6. The van der Waals surface area contributed by atoms with E-state index < -0.39 is 0 Å². The second kappa shape index (κ2) is 4.19. The quantitative estimate of drug-likeness (QED) is 0.552. The number of H-pyrrole nitrogens is 1. The van der Waals surface area contributed by atoms with Gasteiger partial charge in [-0.3, -0.25) is 9.59 Å². The number of hydrogen-bond donors (Lipinski definition) is 1. The molecule has 0 fully saturated rings. The lowest BCUT2D eigenvalue weighted by molar-refractivity contribution is -0.866. The molecule has 0 radical (unpaired) electrons. The summed E-state index contributed by atoms with van der Waals surface area (Å²) < 4.78 is 1.66. The second-order valence-corrected chi connectivity index (χ2v) is 6.24. The standard InChI is InChI=1S/C18H14N2O3/c1-23-20-7-3-6-11-15-16-13(22)8-12(21)14(16)9-4-2-5-10(9)17(15)19-18(11)20/h3,6-7H,2,4-5,8H2,1H3/p+1. The van der Waals surface area contributed by atoms with E-state index >= 15 is 0 Å². The Kier molecular flexibility index (Phi) is 2.33. The van der Waals surface area contributed by atoms with Crippen LogP contribution in [-0.4, -0.2) is 23.7 Å². The van der Waals surface area contributed by atoms with Crippen molar-refractivity contribution in [3.05, 3.63) is 40.6 Å². The maximum Gasteiger partial charge on any atom is 0.327 e. The summed E-state index contributed by atoms with van der Waals surface area (Å²) >= 11 is 0. The van der Waals surface area contributed by atoms with Crippen LogP contribution < -0.4 is 9.57 Å². The van der Waals surface area contributed by atoms with Crippen molar-refractivity contribution in [2.24, 2.45) is 0 Å². The van der Waals surface area contributed by atoms with Crippen LogP contribution in [0.2, 0.25) is 0 Å². The Morgan fingerprint density at radius 2 is 1.91 bits per heavy atom. The lowest BCUT2D eigenvalue weighted by Crippen LogP contribution is -2.40. The third kappa shape index (κ3) is 1.44. The lowest BCUT2D eigenvalue weighted by Gasteiger charge is -2.06. The minimum Gasteiger partial charge on any atom is -0.339 e. The fourth-order valence-corrected chi connectivity index (χ4v) is 4.25. The Labute approximate surface area is 131 Å². The molecule has 0 unspecified atom stereocenters. The van der Waals surface area contributed by atoms with Crippen LogP contribution in [0.15, 0.2) is 18.3 Å². The van der Waals surface area contributed by atoms with Gasteiger partial charge in [0.2, 0.25) is 0 Å². The molecule has 2 aromatic heterocycles. The molecule has 5 nitrogen and oxygen atoms in total. The molecule has 0 aliphatic heterocycles. The lowest BCUT2D eigenvalue weighted by atomic mass is 9.94. The zero-order valence-corrected chi connectivity index (χ0v) is 12.7. The number of benzene rings is 1. The van der Waals surface area contributed by atoms with E-state index in [0.29, 0.717) is 11.1 Å². The molecule has 0 bridgehead atoms. The van der Waals surface area contributed by atoms with Crippen LogP contribution in [0.1, 0.15) is 44.7 Å². The van der Waals surface area contributed by atoms with E-state index in [9.17, 15) is 9.59 Å². The maximum atomic E-state index is 12.5. The predicted molar refractivity (Wildman–Crippen MR) is 83.8 cm³/mol. The van der Waals surface area contributed by atoms with Gasteiger partial charge in [-0.1, -0.05) is 0 Å². The first-order valence-corrected chi connectivity index (χ1v) is 7.85. The molecule has 1 N–H and O–H groups in total. The van der Waals surface area contributed by atoms with Gasteiger partial charge in [0.05, 0.1) is 11.8 Å². The number of rotatable bonds is 1. The average Bonchev–Trinajstić information content (AvgIpc) is 3.22. The molecule has 5 rings (SSSR count). The van der Waals surface area contributed by atoms with Crippen LogP contribution >= 0.6 is 0 Å². The summed E-state index contributed by atoms with van der Waals surface area (Å²) in [5.74, 6) is -0.0756. The number of pyridine rings is 1. The SMILES string of the molecule is CO[n+]1cccc2c3c4c(c5c(c3[nH]c21)CCC5)C(=O)CC4=O. The summed E-state index contributed by atoms with van der Waals surface area (Å²) in [6.07, 6.45) is 4.68. The first-order chi connectivity index (χ1) is 11.2. The summed E-state index contributed by atoms with van der Waals surface area (Å²) in [6.45, 7) is 0. The maximum absolute atomic E-state index is 12.5. The normalized spacial score (nSPS) is 16.4. The van der Waals surface area contributed by atoms with Crippen molar-refractivity contribution in [2.75, 3.05) is 7.11 Å². The molecule has 0 saturated heterocycles. The molecule has 0 saturated carbocycles. The van der Waals surface area contributed by atoms with Crippen LogP contribution in [0.5, 0.6) is 0 Å². The third-order valence-electron chi connectivity index (χ3n) is 5.12. The van der Waals surface area contributed by atoms with E-state index in [2.05, 4.69) is 4.98 Å². The molecule has 114 valence electrons. The van der Waals surface area contributed by atoms with Gasteiger partial charge in [-0.05, 0) is 41.7 Å². The molecule has 23 heavy (non-hydrogen) atoms. The van der Waals surface area contributed by atoms with Gasteiger partial charge in [-0.15, -0.1) is 0 Å². The van der Waals surface area contributed by atoms with Crippen LogP contribution in [0.25, 0.3) is 21.9 Å². The Balaban J connectivity index is 2.07. The topological polar surface area (TPSA) is 63.0 Å². The molecule has 3 aromatic rings. The summed E-state index contributed by atoms with van der Waals surface area (Å²) in [5, 5.41) is 1.82. The van der Waals surface area contributed by atoms with E-state index in [0.717, 1.165) is 46.8 Å². The van der Waals surface area contributed by atoms with E-state index in [4.69, 9.17) is 4.84 Å². The number of carbonyl (C=O) groups excluding carboxylic acids is 2. The highest BCUT2D eigenvalue weighted by Crippen LogP contribution is 2.42. The van der Waals surface area contributed by atoms with E-state index in [-0.39, 0.29) is 18.0 Å². The van der Waals surface area contributed by atoms with Crippen molar-refractivity contribution in [3.8, 4) is 0 Å². The van der Waals surface area contributed by atoms with Crippen LogP contribution in [0.3, 0.4) is 0 Å². The molecular formula is C18H15N2O3+. The summed E-state index contributed by atoms with van der Waals surface area (Å²) in [5.41, 5.74) is 5.39. The van der Waals surface area contributed by atoms with Gasteiger partial charge in [0.25, 0.3) is 0 Å². The fourth-order valence-electron chi connectivity index (χ4n) is 4.25. The molecule has 2 heterocycles. The Morgan fingerprint density at radius 3 is 2.74 bits per heavy atom. The zero-order valence-electron chi connectivity index (χ0n) is 12.7. The number of aryl methyl sites for hydroxylation is 1. The average molecular weight is 307 g/mol. The number of aromatic amines is 1. The molecule has 0 amide bonds. The number of fused-ring (bicyclic) bond motifs is 8. The van der Waals surface area contributed by atoms with Crippen molar-refractivity contribution in [1.29, 1.82) is 0 Å². The number of nitrogens with zero attached hydrogens (tertiary/aromatic N) is 1. The smallest absolute Gasteiger partial charge is 0.327 e. The second-order valence-electron chi connectivity index (χ2n) is 6.24. The van der Waals surface area contributed by atoms with Gasteiger partial charge in [-0.25, -0.2) is 4.98 Å². The zero-order chi connectivity index (χ0) is 15.7. The number of nitrogens with one attached hydrogen (secondary N) is 1. The number of carbonyl (C=O) groups is 2. The minimum atomic E-state index is -0.0570. The molecule has 2 aliphatic rings.